The van der Waals surface area contributed by atoms with Crippen molar-refractivity contribution in [2.45, 2.75) is 5.08 Å². The summed E-state index contributed by atoms with van der Waals surface area (Å²) in [5.41, 5.74) is 5.07. The number of guanidine groups is 1. The van der Waals surface area contributed by atoms with Crippen molar-refractivity contribution in [1.82, 2.24) is 10.9 Å². The van der Waals surface area contributed by atoms with Gasteiger partial charge in [-0.05, 0) is 28.1 Å². The second-order valence-corrected chi connectivity index (χ2v) is 3.67. The average Bonchev–Trinajstić information content (AvgIpc) is 2.58. The lowest BCUT2D eigenvalue weighted by atomic mass is 10.3. The van der Waals surface area contributed by atoms with E-state index in [-0.39, 0.29) is 16.7 Å². The van der Waals surface area contributed by atoms with E-state index in [0.29, 0.717) is 0 Å². The third kappa shape index (κ3) is 2.24. The monoisotopic (exact) mass is 276 g/mol. The quantitative estimate of drug-likeness (QED) is 0.539. The van der Waals surface area contributed by atoms with Gasteiger partial charge in [0.25, 0.3) is 0 Å². The molecule has 0 fully saturated rings. The van der Waals surface area contributed by atoms with Gasteiger partial charge in [-0.2, -0.15) is 0 Å². The smallest absolute Gasteiger partial charge is 0.213 e. The van der Waals surface area contributed by atoms with Crippen LogP contribution in [0.3, 0.4) is 0 Å². The molecule has 4 nitrogen and oxygen atoms in total. The maximum atomic E-state index is 13.2. The minimum Gasteiger partial charge on any atom is -0.320 e. The molecule has 1 atom stereocenters. The Morgan fingerprint density at radius 1 is 1.33 bits per heavy atom. The highest BCUT2D eigenvalue weighted by molar-refractivity contribution is 9.09. The molecule has 0 radical (unpaired) electrons. The first-order valence-electron chi connectivity index (χ1n) is 4.11. The van der Waals surface area contributed by atoms with Crippen molar-refractivity contribution >= 4 is 27.6 Å². The number of halogens is 3. The number of aliphatic imine (C=N–C) groups is 1. The molecule has 1 unspecified atom stereocenters. The third-order valence-corrected chi connectivity index (χ3v) is 2.19. The van der Waals surface area contributed by atoms with Crippen LogP contribution in [0.15, 0.2) is 23.2 Å². The summed E-state index contributed by atoms with van der Waals surface area (Å²) in [5.74, 6) is -1.09. The first-order valence-corrected chi connectivity index (χ1v) is 5.03. The number of para-hydroxylation sites is 1. The third-order valence-electron chi connectivity index (χ3n) is 1.76. The topological polar surface area (TPSA) is 48.5 Å². The predicted molar refractivity (Wildman–Crippen MR) is 56.4 cm³/mol. The molecule has 0 spiro atoms. The molecule has 1 aromatic rings. The van der Waals surface area contributed by atoms with Gasteiger partial charge in [0.15, 0.2) is 5.08 Å². The van der Waals surface area contributed by atoms with Crippen LogP contribution in [-0.2, 0) is 0 Å². The van der Waals surface area contributed by atoms with Crippen LogP contribution < -0.4 is 16.2 Å². The van der Waals surface area contributed by atoms with Crippen LogP contribution in [0.25, 0.3) is 0 Å². The van der Waals surface area contributed by atoms with Gasteiger partial charge in [0, 0.05) is 0 Å². The Hall–Kier alpha value is -1.21. The number of rotatable bonds is 1. The highest BCUT2D eigenvalue weighted by Gasteiger charge is 2.15. The summed E-state index contributed by atoms with van der Waals surface area (Å²) in [4.78, 5) is 3.93. The van der Waals surface area contributed by atoms with E-state index in [4.69, 9.17) is 0 Å². The van der Waals surface area contributed by atoms with Gasteiger partial charge < -0.3 is 5.32 Å². The van der Waals surface area contributed by atoms with Crippen molar-refractivity contribution < 1.29 is 8.78 Å². The van der Waals surface area contributed by atoms with Crippen LogP contribution in [0, 0.1) is 11.6 Å². The molecule has 1 aliphatic rings. The number of hydrogen-bond donors (Lipinski definition) is 3. The molecule has 1 heterocycles. The van der Waals surface area contributed by atoms with Crippen LogP contribution in [0.1, 0.15) is 0 Å². The first kappa shape index (κ1) is 10.3. The molecular formula is C8H7BrF2N4. The molecule has 0 bridgehead atoms. The maximum absolute atomic E-state index is 13.2. The van der Waals surface area contributed by atoms with Crippen molar-refractivity contribution in [3.63, 3.8) is 0 Å². The summed E-state index contributed by atoms with van der Waals surface area (Å²) in [6.07, 6.45) is 0. The molecule has 0 saturated carbocycles. The number of hydrazine groups is 1. The number of hydrogen-bond acceptors (Lipinski definition) is 4. The minimum absolute atomic E-state index is 0.229. The maximum Gasteiger partial charge on any atom is 0.213 e. The average molecular weight is 277 g/mol. The Bertz CT molecular complexity index is 389. The van der Waals surface area contributed by atoms with E-state index in [1.165, 1.54) is 18.2 Å². The Morgan fingerprint density at radius 3 is 2.53 bits per heavy atom. The zero-order valence-corrected chi connectivity index (χ0v) is 8.98. The van der Waals surface area contributed by atoms with Crippen LogP contribution >= 0.6 is 15.9 Å². The zero-order valence-electron chi connectivity index (χ0n) is 7.39. The summed E-state index contributed by atoms with van der Waals surface area (Å²) in [6.45, 7) is 0. The summed E-state index contributed by atoms with van der Waals surface area (Å²) < 4.78 is 26.4. The molecule has 2 rings (SSSR count). The molecule has 0 aliphatic carbocycles. The number of nitrogens with one attached hydrogen (secondary N) is 3. The van der Waals surface area contributed by atoms with Gasteiger partial charge in [-0.25, -0.2) is 19.2 Å². The molecule has 7 heteroatoms. The summed E-state index contributed by atoms with van der Waals surface area (Å²) in [5, 5.41) is 2.19. The number of alkyl halides is 1. The number of anilines is 1. The van der Waals surface area contributed by atoms with E-state index in [0.717, 1.165) is 0 Å². The summed E-state index contributed by atoms with van der Waals surface area (Å²) in [6, 6.07) is 3.63. The van der Waals surface area contributed by atoms with Crippen molar-refractivity contribution in [3.05, 3.63) is 29.8 Å². The highest BCUT2D eigenvalue weighted by atomic mass is 79.9. The molecule has 1 aromatic carbocycles. The Morgan fingerprint density at radius 2 is 2.00 bits per heavy atom. The van der Waals surface area contributed by atoms with Crippen LogP contribution in [-0.4, -0.2) is 11.0 Å². The van der Waals surface area contributed by atoms with Crippen LogP contribution in [0.4, 0.5) is 14.5 Å². The fourth-order valence-electron chi connectivity index (χ4n) is 1.10. The van der Waals surface area contributed by atoms with Gasteiger partial charge in [0.1, 0.15) is 17.3 Å². The first-order chi connectivity index (χ1) is 7.16. The molecule has 15 heavy (non-hydrogen) atoms. The van der Waals surface area contributed by atoms with Crippen LogP contribution in [0.2, 0.25) is 0 Å². The number of benzene rings is 1. The lowest BCUT2D eigenvalue weighted by Crippen LogP contribution is -2.36. The normalized spacial score (nSPS) is 19.7. The predicted octanol–water partition coefficient (Wildman–Crippen LogP) is 1.52. The van der Waals surface area contributed by atoms with E-state index in [1.54, 1.807) is 0 Å². The van der Waals surface area contributed by atoms with Gasteiger partial charge in [-0.1, -0.05) is 6.07 Å². The van der Waals surface area contributed by atoms with Crippen LogP contribution in [0.5, 0.6) is 0 Å². The molecule has 1 aliphatic heterocycles. The Labute approximate surface area is 92.9 Å². The van der Waals surface area contributed by atoms with Crippen molar-refractivity contribution in [2.24, 2.45) is 4.99 Å². The fourth-order valence-corrected chi connectivity index (χ4v) is 1.42. The van der Waals surface area contributed by atoms with E-state index in [2.05, 4.69) is 37.1 Å². The fraction of sp³-hybridized carbons (Fsp3) is 0.125. The minimum atomic E-state index is -0.669. The molecule has 3 N–H and O–H groups in total. The second-order valence-electron chi connectivity index (χ2n) is 2.80. The summed E-state index contributed by atoms with van der Waals surface area (Å²) >= 11 is 3.14. The lowest BCUT2D eigenvalue weighted by Gasteiger charge is -2.07. The van der Waals surface area contributed by atoms with E-state index in [1.807, 2.05) is 0 Å². The summed E-state index contributed by atoms with van der Waals surface area (Å²) in [7, 11) is 0. The Kier molecular flexibility index (Phi) is 2.83. The largest absolute Gasteiger partial charge is 0.320 e. The SMILES string of the molecule is Fc1cccc(F)c1NC1=NC(Br)NN1. The van der Waals surface area contributed by atoms with Crippen molar-refractivity contribution in [1.29, 1.82) is 0 Å². The Balaban J connectivity index is 2.21. The van der Waals surface area contributed by atoms with E-state index >= 15 is 0 Å². The van der Waals surface area contributed by atoms with Gasteiger partial charge >= 0.3 is 0 Å². The highest BCUT2D eigenvalue weighted by Crippen LogP contribution is 2.18. The lowest BCUT2D eigenvalue weighted by molar-refractivity contribution is 0.591. The number of nitrogens with zero attached hydrogens (tertiary/aromatic N) is 1. The van der Waals surface area contributed by atoms with E-state index in [9.17, 15) is 8.78 Å². The van der Waals surface area contributed by atoms with Crippen molar-refractivity contribution in [3.8, 4) is 0 Å². The molecule has 0 aromatic heterocycles. The van der Waals surface area contributed by atoms with Gasteiger partial charge in [-0.3, -0.25) is 5.43 Å². The molecule has 0 amide bonds. The zero-order chi connectivity index (χ0) is 10.8. The van der Waals surface area contributed by atoms with E-state index < -0.39 is 11.6 Å². The molecule has 80 valence electrons. The van der Waals surface area contributed by atoms with Gasteiger partial charge in [0.2, 0.25) is 5.96 Å². The standard InChI is InChI=1S/C8H7BrF2N4/c9-7-13-8(15-14-7)12-6-4(10)2-1-3-5(6)11/h1-3,7,14H,(H2,12,13,15). The second kappa shape index (κ2) is 4.11. The molecule has 0 saturated heterocycles. The van der Waals surface area contributed by atoms with Gasteiger partial charge in [-0.15, -0.1) is 0 Å². The van der Waals surface area contributed by atoms with Gasteiger partial charge in [0.05, 0.1) is 0 Å². The van der Waals surface area contributed by atoms with Crippen molar-refractivity contribution in [2.75, 3.05) is 5.32 Å². The molecular weight excluding hydrogens is 270 g/mol.